The maximum Gasteiger partial charge on any atom is 0.189 e. The van der Waals surface area contributed by atoms with Crippen LogP contribution in [0.5, 0.6) is 0 Å². The molecule has 0 amide bonds. The lowest BCUT2D eigenvalue weighted by atomic mass is 9.86. The fourth-order valence-corrected chi connectivity index (χ4v) is 3.28. The predicted octanol–water partition coefficient (Wildman–Crippen LogP) is 3.89. The second-order valence-electron chi connectivity index (χ2n) is 5.96. The first-order chi connectivity index (χ1) is 11.0. The molecule has 0 aliphatic heterocycles. The van der Waals surface area contributed by atoms with Crippen molar-refractivity contribution >= 4 is 51.9 Å². The molecule has 1 saturated carbocycles. The summed E-state index contributed by atoms with van der Waals surface area (Å²) in [7, 11) is 0. The lowest BCUT2D eigenvalue weighted by Gasteiger charge is -2.30. The van der Waals surface area contributed by atoms with E-state index >= 15 is 0 Å². The van der Waals surface area contributed by atoms with Crippen molar-refractivity contribution in [2.24, 2.45) is 5.92 Å². The van der Waals surface area contributed by atoms with Crippen molar-refractivity contribution in [2.75, 3.05) is 5.32 Å². The normalized spacial score (nSPS) is 20.5. The maximum absolute atomic E-state index is 6.10. The van der Waals surface area contributed by atoms with Gasteiger partial charge in [-0.15, -0.1) is 0 Å². The summed E-state index contributed by atoms with van der Waals surface area (Å²) in [6, 6.07) is 6.09. The molecule has 0 heterocycles. The average molecular weight is 371 g/mol. The van der Waals surface area contributed by atoms with Gasteiger partial charge in [0.25, 0.3) is 0 Å². The highest BCUT2D eigenvalue weighted by molar-refractivity contribution is 7.80. The van der Waals surface area contributed by atoms with E-state index in [4.69, 9.17) is 36.0 Å². The number of benzene rings is 1. The van der Waals surface area contributed by atoms with Gasteiger partial charge in [-0.25, -0.2) is 0 Å². The van der Waals surface area contributed by atoms with E-state index < -0.39 is 0 Å². The van der Waals surface area contributed by atoms with Crippen LogP contribution in [0, 0.1) is 12.8 Å². The van der Waals surface area contributed by atoms with Gasteiger partial charge in [0.05, 0.1) is 0 Å². The Labute approximate surface area is 153 Å². The molecular weight excluding hydrogens is 348 g/mol. The van der Waals surface area contributed by atoms with Gasteiger partial charge in [-0.3, -0.25) is 10.9 Å². The fourth-order valence-electron chi connectivity index (χ4n) is 2.75. The molecule has 1 aromatic carbocycles. The molecule has 0 unspecified atom stereocenters. The van der Waals surface area contributed by atoms with Gasteiger partial charge in [-0.1, -0.05) is 37.4 Å². The summed E-state index contributed by atoms with van der Waals surface area (Å²) in [4.78, 5) is 0. The van der Waals surface area contributed by atoms with Crippen LogP contribution in [0.1, 0.15) is 38.2 Å². The van der Waals surface area contributed by atoms with Gasteiger partial charge in [0, 0.05) is 16.8 Å². The largest absolute Gasteiger partial charge is 0.358 e. The number of anilines is 1. The number of hydrazine groups is 1. The van der Waals surface area contributed by atoms with Crippen molar-refractivity contribution < 1.29 is 0 Å². The Morgan fingerprint density at radius 2 is 1.83 bits per heavy atom. The molecule has 1 fully saturated rings. The SMILES string of the molecule is Cc1c(Cl)cccc1NC(=S)NNC(=S)N[C@H]1CCCC[C@@H]1C. The molecular formula is C16H23ClN4S2. The number of thiocarbonyl (C=S) groups is 2. The molecule has 1 aliphatic rings. The molecule has 0 radical (unpaired) electrons. The summed E-state index contributed by atoms with van der Waals surface area (Å²) in [6.45, 7) is 4.21. The van der Waals surface area contributed by atoms with Gasteiger partial charge < -0.3 is 10.6 Å². The molecule has 4 N–H and O–H groups in total. The Bertz CT molecular complexity index is 579. The number of halogens is 1. The second-order valence-corrected chi connectivity index (χ2v) is 7.18. The topological polar surface area (TPSA) is 48.1 Å². The number of hydrogen-bond acceptors (Lipinski definition) is 2. The van der Waals surface area contributed by atoms with E-state index in [1.54, 1.807) is 0 Å². The third-order valence-corrected chi connectivity index (χ3v) is 5.07. The minimum Gasteiger partial charge on any atom is -0.358 e. The van der Waals surface area contributed by atoms with Crippen molar-refractivity contribution in [3.05, 3.63) is 28.8 Å². The van der Waals surface area contributed by atoms with Gasteiger partial charge in [0.2, 0.25) is 0 Å². The standard InChI is InChI=1S/C16H23ClN4S2/c1-10-6-3-4-8-13(10)18-15(22)20-21-16(23)19-14-9-5-7-12(17)11(14)2/h5,7,9-10,13H,3-4,6,8H2,1-2H3,(H2,18,20,22)(H2,19,21,23)/t10-,13-/m0/s1. The highest BCUT2D eigenvalue weighted by Gasteiger charge is 2.21. The van der Waals surface area contributed by atoms with Crippen LogP contribution in [0.25, 0.3) is 0 Å². The zero-order valence-corrected chi connectivity index (χ0v) is 15.8. The van der Waals surface area contributed by atoms with Gasteiger partial charge in [-0.2, -0.15) is 0 Å². The van der Waals surface area contributed by atoms with Crippen LogP contribution < -0.4 is 21.5 Å². The molecule has 7 heteroatoms. The smallest absolute Gasteiger partial charge is 0.189 e. The van der Waals surface area contributed by atoms with E-state index in [9.17, 15) is 0 Å². The monoisotopic (exact) mass is 370 g/mol. The second kappa shape index (κ2) is 8.66. The highest BCUT2D eigenvalue weighted by Crippen LogP contribution is 2.24. The van der Waals surface area contributed by atoms with Crippen molar-refractivity contribution in [2.45, 2.75) is 45.6 Å². The van der Waals surface area contributed by atoms with Crippen LogP contribution in [0.15, 0.2) is 18.2 Å². The summed E-state index contributed by atoms with van der Waals surface area (Å²) in [5.74, 6) is 0.641. The van der Waals surface area contributed by atoms with Crippen molar-refractivity contribution in [3.63, 3.8) is 0 Å². The van der Waals surface area contributed by atoms with E-state index in [0.29, 0.717) is 27.2 Å². The Morgan fingerprint density at radius 1 is 1.13 bits per heavy atom. The first kappa shape index (κ1) is 18.2. The number of nitrogens with one attached hydrogen (secondary N) is 4. The van der Waals surface area contributed by atoms with Crippen LogP contribution in [0.3, 0.4) is 0 Å². The Hall–Kier alpha value is -1.11. The van der Waals surface area contributed by atoms with Crippen molar-refractivity contribution in [1.29, 1.82) is 0 Å². The average Bonchev–Trinajstić information content (AvgIpc) is 2.52. The third-order valence-electron chi connectivity index (χ3n) is 4.23. The van der Waals surface area contributed by atoms with E-state index in [-0.39, 0.29) is 0 Å². The molecule has 2 atom stereocenters. The number of rotatable bonds is 2. The van der Waals surface area contributed by atoms with Gasteiger partial charge >= 0.3 is 0 Å². The van der Waals surface area contributed by atoms with E-state index in [2.05, 4.69) is 28.4 Å². The fraction of sp³-hybridized carbons (Fsp3) is 0.500. The lowest BCUT2D eigenvalue weighted by Crippen LogP contribution is -2.52. The van der Waals surface area contributed by atoms with E-state index in [1.165, 1.54) is 19.3 Å². The van der Waals surface area contributed by atoms with Gasteiger partial charge in [-0.05, 0) is 67.8 Å². The lowest BCUT2D eigenvalue weighted by molar-refractivity contribution is 0.308. The van der Waals surface area contributed by atoms with Crippen LogP contribution in [-0.2, 0) is 0 Å². The maximum atomic E-state index is 6.10. The van der Waals surface area contributed by atoms with Crippen molar-refractivity contribution in [3.8, 4) is 0 Å². The quantitative estimate of drug-likeness (QED) is 0.468. The molecule has 0 aromatic heterocycles. The Balaban J connectivity index is 1.77. The van der Waals surface area contributed by atoms with Crippen LogP contribution in [0.4, 0.5) is 5.69 Å². The third kappa shape index (κ3) is 5.48. The molecule has 126 valence electrons. The van der Waals surface area contributed by atoms with Crippen LogP contribution in [0.2, 0.25) is 5.02 Å². The molecule has 0 spiro atoms. The zero-order chi connectivity index (χ0) is 16.8. The minimum absolute atomic E-state index is 0.433. The zero-order valence-electron chi connectivity index (χ0n) is 13.4. The molecule has 2 rings (SSSR count). The first-order valence-corrected chi connectivity index (χ1v) is 9.05. The Kier molecular flexibility index (Phi) is 6.87. The first-order valence-electron chi connectivity index (χ1n) is 7.86. The molecule has 4 nitrogen and oxygen atoms in total. The minimum atomic E-state index is 0.433. The molecule has 1 aromatic rings. The van der Waals surface area contributed by atoms with Gasteiger partial charge in [0.1, 0.15) is 0 Å². The highest BCUT2D eigenvalue weighted by atomic mass is 35.5. The summed E-state index contributed by atoms with van der Waals surface area (Å²) in [5.41, 5.74) is 7.67. The summed E-state index contributed by atoms with van der Waals surface area (Å²) < 4.78 is 0. The Morgan fingerprint density at radius 3 is 2.57 bits per heavy atom. The summed E-state index contributed by atoms with van der Waals surface area (Å²) >= 11 is 16.7. The van der Waals surface area contributed by atoms with Crippen LogP contribution >= 0.6 is 36.0 Å². The predicted molar refractivity (Wildman–Crippen MR) is 106 cm³/mol. The van der Waals surface area contributed by atoms with Crippen LogP contribution in [-0.4, -0.2) is 16.3 Å². The van der Waals surface area contributed by atoms with Crippen molar-refractivity contribution in [1.82, 2.24) is 16.2 Å². The summed E-state index contributed by atoms with van der Waals surface area (Å²) in [6.07, 6.45) is 4.98. The molecule has 23 heavy (non-hydrogen) atoms. The molecule has 0 saturated heterocycles. The number of hydrogen-bond donors (Lipinski definition) is 4. The van der Waals surface area contributed by atoms with E-state index in [1.807, 2.05) is 25.1 Å². The van der Waals surface area contributed by atoms with Gasteiger partial charge in [0.15, 0.2) is 10.2 Å². The van der Waals surface area contributed by atoms with E-state index in [0.717, 1.165) is 17.7 Å². The summed E-state index contributed by atoms with van der Waals surface area (Å²) in [5, 5.41) is 8.17. The molecule has 1 aliphatic carbocycles. The molecule has 0 bridgehead atoms.